The Bertz CT molecular complexity index is 744. The Hall–Kier alpha value is -2.53. The largest absolute Gasteiger partial charge is 0.476 e. The van der Waals surface area contributed by atoms with Crippen molar-refractivity contribution in [2.24, 2.45) is 12.0 Å². The number of aryl methyl sites for hydroxylation is 1. The van der Waals surface area contributed by atoms with Crippen LogP contribution in [0, 0.1) is 11.5 Å². The molecule has 0 fully saturated rings. The van der Waals surface area contributed by atoms with Crippen LogP contribution in [0.1, 0.15) is 10.5 Å². The lowest BCUT2D eigenvalue weighted by Crippen LogP contribution is -2.12. The second kappa shape index (κ2) is 5.63. The molecule has 0 radical (unpaired) electrons. The number of hydrogen-bond donors (Lipinski definition) is 2. The van der Waals surface area contributed by atoms with Gasteiger partial charge in [0.05, 0.1) is 11.2 Å². The van der Waals surface area contributed by atoms with Gasteiger partial charge in [-0.25, -0.2) is 9.79 Å². The summed E-state index contributed by atoms with van der Waals surface area (Å²) >= 11 is 1.29. The SMILES string of the molecule is CSC(=Nc1ccc2c(c1)c(C(=O)O)nn2C)NC#N. The summed E-state index contributed by atoms with van der Waals surface area (Å²) in [4.78, 5) is 15.4. The Morgan fingerprint density at radius 3 is 2.95 bits per heavy atom. The van der Waals surface area contributed by atoms with Crippen molar-refractivity contribution in [1.82, 2.24) is 15.1 Å². The van der Waals surface area contributed by atoms with E-state index in [-0.39, 0.29) is 5.69 Å². The van der Waals surface area contributed by atoms with Gasteiger partial charge in [0.2, 0.25) is 0 Å². The number of amidine groups is 1. The summed E-state index contributed by atoms with van der Waals surface area (Å²) in [5, 5.41) is 25.1. The molecule has 0 spiro atoms. The van der Waals surface area contributed by atoms with E-state index in [2.05, 4.69) is 15.4 Å². The number of thioether (sulfide) groups is 1. The van der Waals surface area contributed by atoms with Crippen LogP contribution in [-0.2, 0) is 7.05 Å². The molecule has 0 aliphatic rings. The predicted molar refractivity (Wildman–Crippen MR) is 77.0 cm³/mol. The number of nitriles is 1. The van der Waals surface area contributed by atoms with E-state index >= 15 is 0 Å². The highest BCUT2D eigenvalue weighted by Gasteiger charge is 2.15. The van der Waals surface area contributed by atoms with Gasteiger partial charge in [0.25, 0.3) is 0 Å². The number of aromatic carboxylic acids is 1. The third kappa shape index (κ3) is 2.57. The van der Waals surface area contributed by atoms with Crippen molar-refractivity contribution in [1.29, 1.82) is 5.26 Å². The van der Waals surface area contributed by atoms with Gasteiger partial charge in [-0.15, -0.1) is 0 Å². The number of benzene rings is 1. The van der Waals surface area contributed by atoms with E-state index in [1.54, 1.807) is 37.7 Å². The number of aromatic nitrogens is 2. The molecule has 2 rings (SSSR count). The number of carboxylic acids is 1. The molecule has 1 aromatic heterocycles. The van der Waals surface area contributed by atoms with Crippen molar-refractivity contribution in [2.45, 2.75) is 0 Å². The normalized spacial score (nSPS) is 11.3. The number of hydrogen-bond acceptors (Lipinski definition) is 5. The van der Waals surface area contributed by atoms with Gasteiger partial charge in [-0.1, -0.05) is 11.8 Å². The molecule has 0 atom stereocenters. The van der Waals surface area contributed by atoms with E-state index in [4.69, 9.17) is 10.4 Å². The zero-order chi connectivity index (χ0) is 14.7. The Morgan fingerprint density at radius 1 is 1.60 bits per heavy atom. The minimum atomic E-state index is -1.09. The van der Waals surface area contributed by atoms with Gasteiger partial charge in [0, 0.05) is 12.4 Å². The molecule has 0 amide bonds. The Morgan fingerprint density at radius 2 is 2.35 bits per heavy atom. The molecule has 0 bridgehead atoms. The number of aliphatic imine (C=N–C) groups is 1. The van der Waals surface area contributed by atoms with Gasteiger partial charge in [-0.05, 0) is 24.5 Å². The molecule has 1 heterocycles. The van der Waals surface area contributed by atoms with E-state index in [1.165, 1.54) is 16.4 Å². The fourth-order valence-corrected chi connectivity index (χ4v) is 2.12. The fraction of sp³-hybridized carbons (Fsp3) is 0.167. The summed E-state index contributed by atoms with van der Waals surface area (Å²) in [7, 11) is 1.68. The van der Waals surface area contributed by atoms with Gasteiger partial charge in [-0.3, -0.25) is 10.00 Å². The van der Waals surface area contributed by atoms with Gasteiger partial charge in [-0.2, -0.15) is 10.4 Å². The van der Waals surface area contributed by atoms with Crippen LogP contribution in [0.15, 0.2) is 23.2 Å². The topological polar surface area (TPSA) is 103 Å². The van der Waals surface area contributed by atoms with Crippen molar-refractivity contribution in [3.05, 3.63) is 23.9 Å². The number of carbonyl (C=O) groups is 1. The summed E-state index contributed by atoms with van der Waals surface area (Å²) < 4.78 is 1.51. The van der Waals surface area contributed by atoms with Crippen LogP contribution >= 0.6 is 11.8 Å². The maximum absolute atomic E-state index is 11.1. The molecule has 102 valence electrons. The van der Waals surface area contributed by atoms with Crippen molar-refractivity contribution in [2.75, 3.05) is 6.26 Å². The highest BCUT2D eigenvalue weighted by atomic mass is 32.2. The Labute approximate surface area is 118 Å². The minimum Gasteiger partial charge on any atom is -0.476 e. The highest BCUT2D eigenvalue weighted by Crippen LogP contribution is 2.24. The molecule has 2 aromatic rings. The predicted octanol–water partition coefficient (Wildman–Crippen LogP) is 1.69. The lowest BCUT2D eigenvalue weighted by molar-refractivity contribution is 0.0691. The lowest BCUT2D eigenvalue weighted by Gasteiger charge is -2.00. The van der Waals surface area contributed by atoms with Crippen LogP contribution in [0.4, 0.5) is 5.69 Å². The second-order valence-corrected chi connectivity index (χ2v) is 4.63. The van der Waals surface area contributed by atoms with Crippen LogP contribution in [0.3, 0.4) is 0 Å². The van der Waals surface area contributed by atoms with Gasteiger partial charge in [0.15, 0.2) is 17.1 Å². The molecule has 0 aliphatic carbocycles. The maximum atomic E-state index is 11.1. The van der Waals surface area contributed by atoms with Crippen molar-refractivity contribution >= 4 is 39.5 Å². The smallest absolute Gasteiger partial charge is 0.357 e. The third-order valence-corrected chi connectivity index (χ3v) is 3.20. The Balaban J connectivity index is 2.56. The van der Waals surface area contributed by atoms with Gasteiger partial charge >= 0.3 is 5.97 Å². The average Bonchev–Trinajstić information content (AvgIpc) is 2.75. The minimum absolute atomic E-state index is 0.0153. The van der Waals surface area contributed by atoms with E-state index in [0.29, 0.717) is 21.8 Å². The number of nitrogens with zero attached hydrogens (tertiary/aromatic N) is 4. The first-order valence-corrected chi connectivity index (χ1v) is 6.77. The average molecular weight is 289 g/mol. The molecule has 0 saturated heterocycles. The Kier molecular flexibility index (Phi) is 3.91. The fourth-order valence-electron chi connectivity index (χ4n) is 1.77. The summed E-state index contributed by atoms with van der Waals surface area (Å²) in [6.45, 7) is 0. The van der Waals surface area contributed by atoms with E-state index < -0.39 is 5.97 Å². The van der Waals surface area contributed by atoms with Gasteiger partial charge < -0.3 is 5.11 Å². The van der Waals surface area contributed by atoms with Crippen molar-refractivity contribution < 1.29 is 9.90 Å². The van der Waals surface area contributed by atoms with Crippen molar-refractivity contribution in [3.63, 3.8) is 0 Å². The van der Waals surface area contributed by atoms with Gasteiger partial charge in [0.1, 0.15) is 0 Å². The summed E-state index contributed by atoms with van der Waals surface area (Å²) in [5.74, 6) is -1.09. The lowest BCUT2D eigenvalue weighted by atomic mass is 10.2. The molecule has 0 aliphatic heterocycles. The van der Waals surface area contributed by atoms with E-state index in [1.807, 2.05) is 0 Å². The third-order valence-electron chi connectivity index (χ3n) is 2.62. The molecule has 2 N–H and O–H groups in total. The first-order valence-electron chi connectivity index (χ1n) is 5.54. The highest BCUT2D eigenvalue weighted by molar-refractivity contribution is 8.13. The maximum Gasteiger partial charge on any atom is 0.357 e. The van der Waals surface area contributed by atoms with Crippen molar-refractivity contribution in [3.8, 4) is 6.19 Å². The first-order chi connectivity index (χ1) is 9.56. The molecule has 8 heteroatoms. The molecule has 0 saturated carbocycles. The van der Waals surface area contributed by atoms with Crippen LogP contribution in [0.5, 0.6) is 0 Å². The van der Waals surface area contributed by atoms with Crippen LogP contribution in [-0.4, -0.2) is 32.3 Å². The molecule has 20 heavy (non-hydrogen) atoms. The molecule has 1 aromatic carbocycles. The summed E-state index contributed by atoms with van der Waals surface area (Å²) in [5.41, 5.74) is 1.25. The summed E-state index contributed by atoms with van der Waals surface area (Å²) in [6.07, 6.45) is 3.58. The number of carboxylic acid groups (broad SMARTS) is 1. The molecular formula is C12H11N5O2S. The van der Waals surface area contributed by atoms with Crippen LogP contribution in [0.2, 0.25) is 0 Å². The quantitative estimate of drug-likeness (QED) is 0.377. The summed E-state index contributed by atoms with van der Waals surface area (Å²) in [6, 6.07) is 5.13. The van der Waals surface area contributed by atoms with E-state index in [0.717, 1.165) is 0 Å². The van der Waals surface area contributed by atoms with Crippen LogP contribution < -0.4 is 5.32 Å². The number of nitrogens with one attached hydrogen (secondary N) is 1. The number of rotatable bonds is 2. The molecular weight excluding hydrogens is 278 g/mol. The zero-order valence-electron chi connectivity index (χ0n) is 10.8. The van der Waals surface area contributed by atoms with Crippen LogP contribution in [0.25, 0.3) is 10.9 Å². The molecule has 7 nitrogen and oxygen atoms in total. The second-order valence-electron chi connectivity index (χ2n) is 3.84. The first kappa shape index (κ1) is 13.9. The monoisotopic (exact) mass is 289 g/mol. The zero-order valence-corrected chi connectivity index (χ0v) is 11.6. The molecule has 0 unspecified atom stereocenters. The standard InChI is InChI=1S/C12H11N5O2S/c1-17-9-4-3-7(15-12(20-2)14-6-13)5-8(9)10(16-17)11(18)19/h3-5H,1-2H3,(H,14,15)(H,18,19). The number of fused-ring (bicyclic) bond motifs is 1. The van der Waals surface area contributed by atoms with E-state index in [9.17, 15) is 4.79 Å².